The summed E-state index contributed by atoms with van der Waals surface area (Å²) in [6.07, 6.45) is 5.94. The zero-order chi connectivity index (χ0) is 32.7. The highest BCUT2D eigenvalue weighted by molar-refractivity contribution is 7.97. The molecular weight excluding hydrogens is 610 g/mol. The van der Waals surface area contributed by atoms with Gasteiger partial charge < -0.3 is 9.30 Å². The van der Waals surface area contributed by atoms with E-state index in [1.807, 2.05) is 29.2 Å². The van der Waals surface area contributed by atoms with Gasteiger partial charge in [-0.15, -0.1) is 0 Å². The van der Waals surface area contributed by atoms with Crippen molar-refractivity contribution in [3.63, 3.8) is 0 Å². The van der Waals surface area contributed by atoms with E-state index in [1.54, 1.807) is 16.5 Å². The highest BCUT2D eigenvalue weighted by atomic mass is 32.2. The average Bonchev–Trinajstić information content (AvgIpc) is 3.36. The molecule has 1 saturated carbocycles. The maximum atomic E-state index is 14.8. The normalized spacial score (nSPS) is 21.9. The summed E-state index contributed by atoms with van der Waals surface area (Å²) in [5.74, 6) is 1.49. The molecular formula is C38H46FN5O2S. The number of nitrogens with zero attached hydrogens (tertiary/aromatic N) is 3. The Balaban J connectivity index is 1.50. The van der Waals surface area contributed by atoms with Crippen molar-refractivity contribution in [2.45, 2.75) is 90.5 Å². The molecule has 0 radical (unpaired) electrons. The van der Waals surface area contributed by atoms with E-state index in [-0.39, 0.29) is 23.8 Å². The lowest BCUT2D eigenvalue weighted by atomic mass is 9.81. The summed E-state index contributed by atoms with van der Waals surface area (Å²) in [4.78, 5) is 16.5. The summed E-state index contributed by atoms with van der Waals surface area (Å²) in [6.45, 7) is 9.96. The Bertz CT molecular complexity index is 1750. The van der Waals surface area contributed by atoms with Gasteiger partial charge in [-0.05, 0) is 86.9 Å². The zero-order valence-corrected chi connectivity index (χ0v) is 28.7. The van der Waals surface area contributed by atoms with Gasteiger partial charge in [0.15, 0.2) is 0 Å². The molecule has 2 atom stereocenters. The third kappa shape index (κ3) is 6.37. The van der Waals surface area contributed by atoms with Crippen LogP contribution < -0.4 is 20.4 Å². The summed E-state index contributed by atoms with van der Waals surface area (Å²) in [6, 6.07) is 21.6. The van der Waals surface area contributed by atoms with Crippen LogP contribution in [-0.2, 0) is 13.1 Å². The van der Waals surface area contributed by atoms with Crippen LogP contribution in [0.15, 0.2) is 66.7 Å². The molecule has 3 heterocycles. The topological polar surface area (TPSA) is 61.8 Å². The standard InChI is InChI=1S/C38H46FN5O2S/c1-5-47-44-37(45)42(22-26-12-8-6-9-13-26)30-17-19-31-33(21-30)43-23-28(25(2)40-38(3,4)41-44)24-46-34-20-29(39)16-18-32(34)36(43)35(31)27-14-10-7-11-15-27/h6,8-9,12-13,16-21,25,27-28,40-41H,5,7,10-11,14-15,22-24H2,1-4H3/t25?,28-/m0/s1. The number of fused-ring (bicyclic) bond motifs is 4. The minimum absolute atomic E-state index is 0.00368. The first-order valence-corrected chi connectivity index (χ1v) is 18.1. The molecule has 2 aliphatic heterocycles. The van der Waals surface area contributed by atoms with Crippen molar-refractivity contribution in [3.05, 3.63) is 83.7 Å². The number of nitrogens with one attached hydrogen (secondary N) is 2. The molecule has 3 aliphatic rings. The van der Waals surface area contributed by atoms with Crippen LogP contribution in [0.4, 0.5) is 14.9 Å². The molecule has 2 N–H and O–H groups in total. The number of rotatable bonds is 5. The molecule has 0 spiro atoms. The number of amides is 2. The minimum Gasteiger partial charge on any atom is -0.492 e. The zero-order valence-electron chi connectivity index (χ0n) is 27.9. The molecule has 1 aliphatic carbocycles. The van der Waals surface area contributed by atoms with E-state index < -0.39 is 5.66 Å². The van der Waals surface area contributed by atoms with Crippen molar-refractivity contribution in [2.75, 3.05) is 17.3 Å². The molecule has 4 aromatic rings. The first-order chi connectivity index (χ1) is 22.7. The van der Waals surface area contributed by atoms with E-state index in [2.05, 4.69) is 73.3 Å². The summed E-state index contributed by atoms with van der Waals surface area (Å²) in [5.41, 5.74) is 9.30. The SMILES string of the molecule is CCSN1NC(C)(C)NC(C)[C@@H]2COc3cc(F)ccc3-c3c(C4CCCCC4)c4ccc(cc4n3C2)N(Cc2ccccc2)C1=O. The third-order valence-corrected chi connectivity index (χ3v) is 10.8. The highest BCUT2D eigenvalue weighted by Crippen LogP contribution is 2.48. The van der Waals surface area contributed by atoms with Crippen LogP contribution in [0.25, 0.3) is 22.2 Å². The predicted molar refractivity (Wildman–Crippen MR) is 190 cm³/mol. The van der Waals surface area contributed by atoms with E-state index in [0.717, 1.165) is 53.2 Å². The lowest BCUT2D eigenvalue weighted by molar-refractivity contribution is 0.137. The molecule has 9 heteroatoms. The second-order valence-electron chi connectivity index (χ2n) is 13.9. The van der Waals surface area contributed by atoms with Crippen molar-refractivity contribution < 1.29 is 13.9 Å². The number of carbonyl (C=O) groups is 1. The van der Waals surface area contributed by atoms with Crippen LogP contribution >= 0.6 is 11.9 Å². The van der Waals surface area contributed by atoms with Gasteiger partial charge in [-0.2, -0.15) is 4.41 Å². The van der Waals surface area contributed by atoms with Gasteiger partial charge in [0.2, 0.25) is 0 Å². The number of hydrogen-bond donors (Lipinski definition) is 2. The van der Waals surface area contributed by atoms with Crippen LogP contribution in [0.3, 0.4) is 0 Å². The number of anilines is 1. The fraction of sp³-hybridized carbons (Fsp3) is 0.447. The van der Waals surface area contributed by atoms with Crippen LogP contribution in [0.2, 0.25) is 0 Å². The molecule has 47 heavy (non-hydrogen) atoms. The summed E-state index contributed by atoms with van der Waals surface area (Å²) >= 11 is 1.46. The maximum absolute atomic E-state index is 14.8. The Morgan fingerprint density at radius 1 is 1.02 bits per heavy atom. The quantitative estimate of drug-likeness (QED) is 0.211. The van der Waals surface area contributed by atoms with E-state index in [4.69, 9.17) is 4.74 Å². The predicted octanol–water partition coefficient (Wildman–Crippen LogP) is 8.83. The molecule has 3 aromatic carbocycles. The van der Waals surface area contributed by atoms with Crippen molar-refractivity contribution in [2.24, 2.45) is 5.92 Å². The molecule has 7 rings (SSSR count). The molecule has 2 amide bonds. The van der Waals surface area contributed by atoms with Crippen molar-refractivity contribution >= 4 is 34.6 Å². The van der Waals surface area contributed by atoms with Gasteiger partial charge in [0.05, 0.1) is 30.0 Å². The van der Waals surface area contributed by atoms with Gasteiger partial charge in [-0.3, -0.25) is 10.2 Å². The Kier molecular flexibility index (Phi) is 8.98. The average molecular weight is 656 g/mol. The smallest absolute Gasteiger partial charge is 0.349 e. The number of urea groups is 1. The largest absolute Gasteiger partial charge is 0.492 e. The molecule has 1 aromatic heterocycles. The number of halogens is 1. The lowest BCUT2D eigenvalue weighted by Gasteiger charge is -2.39. The van der Waals surface area contributed by atoms with Crippen molar-refractivity contribution in [1.82, 2.24) is 19.7 Å². The Labute approximate surface area is 281 Å². The van der Waals surface area contributed by atoms with Crippen molar-refractivity contribution in [3.8, 4) is 17.0 Å². The Morgan fingerprint density at radius 2 is 1.81 bits per heavy atom. The second kappa shape index (κ2) is 13.2. The fourth-order valence-electron chi connectivity index (χ4n) is 7.80. The number of hydrogen-bond acceptors (Lipinski definition) is 5. The van der Waals surface area contributed by atoms with Gasteiger partial charge in [0.1, 0.15) is 11.6 Å². The Morgan fingerprint density at radius 3 is 2.57 bits per heavy atom. The van der Waals surface area contributed by atoms with E-state index in [1.165, 1.54) is 42.2 Å². The first kappa shape index (κ1) is 32.0. The molecule has 0 saturated heterocycles. The Hall–Kier alpha value is -3.53. The van der Waals surface area contributed by atoms with Gasteiger partial charge in [-0.1, -0.05) is 62.6 Å². The van der Waals surface area contributed by atoms with E-state index in [0.29, 0.717) is 24.8 Å². The van der Waals surface area contributed by atoms with Crippen LogP contribution in [0, 0.1) is 11.7 Å². The highest BCUT2D eigenvalue weighted by Gasteiger charge is 2.36. The molecule has 1 unspecified atom stereocenters. The molecule has 1 fully saturated rings. The fourth-order valence-corrected chi connectivity index (χ4v) is 8.56. The van der Waals surface area contributed by atoms with Gasteiger partial charge in [-0.25, -0.2) is 14.6 Å². The van der Waals surface area contributed by atoms with Gasteiger partial charge in [0.25, 0.3) is 0 Å². The third-order valence-electron chi connectivity index (χ3n) is 10.0. The van der Waals surface area contributed by atoms with Crippen LogP contribution in [0.1, 0.15) is 76.8 Å². The number of ether oxygens (including phenoxy) is 1. The number of hydrazine groups is 1. The first-order valence-electron chi connectivity index (χ1n) is 17.1. The van der Waals surface area contributed by atoms with Crippen molar-refractivity contribution in [1.29, 1.82) is 0 Å². The number of carbonyl (C=O) groups excluding carboxylic acids is 1. The van der Waals surface area contributed by atoms with Gasteiger partial charge >= 0.3 is 6.03 Å². The van der Waals surface area contributed by atoms with E-state index in [9.17, 15) is 9.18 Å². The maximum Gasteiger partial charge on any atom is 0.349 e. The van der Waals surface area contributed by atoms with Gasteiger partial charge in [0, 0.05) is 47.0 Å². The lowest BCUT2D eigenvalue weighted by Crippen LogP contribution is -2.63. The summed E-state index contributed by atoms with van der Waals surface area (Å²) in [7, 11) is 0. The molecule has 7 nitrogen and oxygen atoms in total. The summed E-state index contributed by atoms with van der Waals surface area (Å²) < 4.78 is 25.5. The van der Waals surface area contributed by atoms with E-state index >= 15 is 0 Å². The summed E-state index contributed by atoms with van der Waals surface area (Å²) in [5, 5.41) is 5.00. The van der Waals surface area contributed by atoms with Crippen LogP contribution in [-0.4, -0.2) is 39.1 Å². The molecule has 248 valence electrons. The van der Waals surface area contributed by atoms with Crippen LogP contribution in [0.5, 0.6) is 5.75 Å². The number of benzene rings is 3. The second-order valence-corrected chi connectivity index (χ2v) is 15.1. The number of aromatic nitrogens is 1. The monoisotopic (exact) mass is 655 g/mol. The molecule has 4 bridgehead atoms. The minimum atomic E-state index is -0.628.